The lowest BCUT2D eigenvalue weighted by Crippen LogP contribution is -2.17. The van der Waals surface area contributed by atoms with Crippen LogP contribution in [0.4, 0.5) is 11.4 Å². The first-order valence-electron chi connectivity index (χ1n) is 6.57. The highest BCUT2D eigenvalue weighted by Crippen LogP contribution is 2.35. The van der Waals surface area contributed by atoms with E-state index in [0.717, 1.165) is 4.47 Å². The highest BCUT2D eigenvalue weighted by atomic mass is 79.9. The number of nitrogens with zero attached hydrogens (tertiary/aromatic N) is 2. The summed E-state index contributed by atoms with van der Waals surface area (Å²) in [6, 6.07) is 10.3. The summed E-state index contributed by atoms with van der Waals surface area (Å²) in [5, 5.41) is 14.6. The second kappa shape index (κ2) is 6.02. The third kappa shape index (κ3) is 2.84. The average Bonchev–Trinajstić information content (AvgIpc) is 2.85. The van der Waals surface area contributed by atoms with Crippen LogP contribution in [0.5, 0.6) is 0 Å². The van der Waals surface area contributed by atoms with Crippen LogP contribution >= 0.6 is 15.9 Å². The zero-order chi connectivity index (χ0) is 16.4. The molecular formula is C16H9BrN4O2. The second-order valence-corrected chi connectivity index (χ2v) is 5.62. The van der Waals surface area contributed by atoms with Gasteiger partial charge in [-0.3, -0.25) is 14.6 Å². The van der Waals surface area contributed by atoms with Crippen molar-refractivity contribution < 1.29 is 9.59 Å². The van der Waals surface area contributed by atoms with Gasteiger partial charge >= 0.3 is 0 Å². The number of carbonyl (C=O) groups excluding carboxylic acids is 2. The van der Waals surface area contributed by atoms with Crippen molar-refractivity contribution in [1.82, 2.24) is 4.98 Å². The molecule has 0 aliphatic carbocycles. The minimum atomic E-state index is -0.654. The number of rotatable bonds is 2. The van der Waals surface area contributed by atoms with Crippen LogP contribution in [-0.4, -0.2) is 16.8 Å². The Bertz CT molecular complexity index is 885. The number of aromatic nitrogens is 1. The van der Waals surface area contributed by atoms with Gasteiger partial charge in [0, 0.05) is 21.9 Å². The van der Waals surface area contributed by atoms with E-state index in [1.54, 1.807) is 36.5 Å². The van der Waals surface area contributed by atoms with E-state index >= 15 is 0 Å². The van der Waals surface area contributed by atoms with Crippen molar-refractivity contribution in [3.8, 4) is 6.07 Å². The largest absolute Gasteiger partial charge is 0.321 e. The number of nitrogens with one attached hydrogen (secondary N) is 2. The summed E-state index contributed by atoms with van der Waals surface area (Å²) < 4.78 is 0.746. The zero-order valence-corrected chi connectivity index (χ0v) is 13.2. The molecule has 2 amide bonds. The monoisotopic (exact) mass is 368 g/mol. The van der Waals surface area contributed by atoms with E-state index in [0.29, 0.717) is 16.9 Å². The van der Waals surface area contributed by atoms with E-state index in [1.807, 2.05) is 6.07 Å². The van der Waals surface area contributed by atoms with Crippen molar-refractivity contribution in [3.05, 3.63) is 58.3 Å². The van der Waals surface area contributed by atoms with E-state index in [1.165, 1.54) is 6.20 Å². The van der Waals surface area contributed by atoms with Crippen molar-refractivity contribution in [2.45, 2.75) is 0 Å². The summed E-state index contributed by atoms with van der Waals surface area (Å²) in [6.07, 6.45) is 3.02. The van der Waals surface area contributed by atoms with Crippen molar-refractivity contribution in [1.29, 1.82) is 5.26 Å². The van der Waals surface area contributed by atoms with Crippen molar-refractivity contribution >= 4 is 44.7 Å². The Kier molecular flexibility index (Phi) is 3.91. The molecule has 1 aromatic heterocycles. The lowest BCUT2D eigenvalue weighted by molar-refractivity contribution is -0.113. The molecule has 2 aromatic rings. The molecule has 0 radical (unpaired) electrons. The minimum absolute atomic E-state index is 0.0604. The molecule has 7 heteroatoms. The molecule has 0 bridgehead atoms. The number of anilines is 2. The standard InChI is InChI=1S/C16H9BrN4O2/c17-9-3-4-13-11(6-9)14(16(23)21-13)12(7-18)15(22)20-10-2-1-5-19-8-10/h1-6,8H,(H,20,22)(H,21,23)/b14-12-. The highest BCUT2D eigenvalue weighted by Gasteiger charge is 2.30. The van der Waals surface area contributed by atoms with Gasteiger partial charge < -0.3 is 10.6 Å². The Hall–Kier alpha value is -2.98. The molecule has 2 N–H and O–H groups in total. The Labute approximate surface area is 140 Å². The maximum absolute atomic E-state index is 12.4. The van der Waals surface area contributed by atoms with Gasteiger partial charge in [0.15, 0.2) is 0 Å². The number of pyridine rings is 1. The predicted octanol–water partition coefficient (Wildman–Crippen LogP) is 2.71. The lowest BCUT2D eigenvalue weighted by Gasteiger charge is -2.05. The summed E-state index contributed by atoms with van der Waals surface area (Å²) in [4.78, 5) is 28.4. The molecule has 0 saturated heterocycles. The summed E-state index contributed by atoms with van der Waals surface area (Å²) in [5.41, 5.74) is 1.34. The first-order chi connectivity index (χ1) is 11.1. The Balaban J connectivity index is 2.05. The Morgan fingerprint density at radius 2 is 2.17 bits per heavy atom. The van der Waals surface area contributed by atoms with Crippen LogP contribution < -0.4 is 10.6 Å². The topological polar surface area (TPSA) is 94.9 Å². The Morgan fingerprint density at radius 1 is 1.35 bits per heavy atom. The molecule has 3 rings (SSSR count). The van der Waals surface area contributed by atoms with Gasteiger partial charge in [-0.2, -0.15) is 5.26 Å². The number of benzene rings is 1. The molecule has 0 unspecified atom stereocenters. The Morgan fingerprint density at radius 3 is 2.87 bits per heavy atom. The first kappa shape index (κ1) is 14.9. The first-order valence-corrected chi connectivity index (χ1v) is 7.36. The molecule has 2 heterocycles. The SMILES string of the molecule is N#C/C(C(=O)Nc1cccnc1)=C1/C(=O)Nc2ccc(Br)cc21. The molecule has 1 aliphatic rings. The predicted molar refractivity (Wildman–Crippen MR) is 88.2 cm³/mol. The fraction of sp³-hybridized carbons (Fsp3) is 0. The van der Waals surface area contributed by atoms with E-state index in [4.69, 9.17) is 0 Å². The third-order valence-corrected chi connectivity index (χ3v) is 3.73. The van der Waals surface area contributed by atoms with Gasteiger partial charge in [-0.15, -0.1) is 0 Å². The van der Waals surface area contributed by atoms with Crippen LogP contribution in [0.1, 0.15) is 5.56 Å². The van der Waals surface area contributed by atoms with Crippen LogP contribution in [0.2, 0.25) is 0 Å². The molecule has 0 spiro atoms. The van der Waals surface area contributed by atoms with Gasteiger partial charge in [0.1, 0.15) is 11.6 Å². The fourth-order valence-corrected chi connectivity index (χ4v) is 2.60. The molecule has 23 heavy (non-hydrogen) atoms. The molecule has 1 aromatic carbocycles. The van der Waals surface area contributed by atoms with Crippen LogP contribution in [0.15, 0.2) is 52.8 Å². The molecule has 0 atom stereocenters. The van der Waals surface area contributed by atoms with E-state index in [-0.39, 0.29) is 11.1 Å². The molecule has 0 fully saturated rings. The summed E-state index contributed by atoms with van der Waals surface area (Å²) in [6.45, 7) is 0. The average molecular weight is 369 g/mol. The normalized spacial score (nSPS) is 14.5. The number of hydrogen-bond donors (Lipinski definition) is 2. The smallest absolute Gasteiger partial charge is 0.267 e. The van der Waals surface area contributed by atoms with Gasteiger partial charge in [0.2, 0.25) is 0 Å². The third-order valence-electron chi connectivity index (χ3n) is 3.23. The number of amides is 2. The van der Waals surface area contributed by atoms with Crippen LogP contribution in [-0.2, 0) is 9.59 Å². The summed E-state index contributed by atoms with van der Waals surface area (Å²) in [5.74, 6) is -1.13. The van der Waals surface area contributed by atoms with Crippen LogP contribution in [0.3, 0.4) is 0 Å². The molecule has 6 nitrogen and oxygen atoms in total. The highest BCUT2D eigenvalue weighted by molar-refractivity contribution is 9.10. The van der Waals surface area contributed by atoms with Crippen molar-refractivity contribution in [3.63, 3.8) is 0 Å². The van der Waals surface area contributed by atoms with Gasteiger partial charge in [-0.25, -0.2) is 0 Å². The minimum Gasteiger partial charge on any atom is -0.321 e. The summed E-state index contributed by atoms with van der Waals surface area (Å²) >= 11 is 3.32. The second-order valence-electron chi connectivity index (χ2n) is 4.70. The molecule has 1 aliphatic heterocycles. The molecule has 0 saturated carbocycles. The lowest BCUT2D eigenvalue weighted by atomic mass is 10.0. The van der Waals surface area contributed by atoms with Gasteiger partial charge in [0.05, 0.1) is 17.5 Å². The van der Waals surface area contributed by atoms with Crippen molar-refractivity contribution in [2.75, 3.05) is 10.6 Å². The quantitative estimate of drug-likeness (QED) is 0.629. The summed E-state index contributed by atoms with van der Waals surface area (Å²) in [7, 11) is 0. The number of halogens is 1. The van der Waals surface area contributed by atoms with E-state index < -0.39 is 11.8 Å². The van der Waals surface area contributed by atoms with Crippen LogP contribution in [0.25, 0.3) is 5.57 Å². The van der Waals surface area contributed by atoms with Crippen LogP contribution in [0, 0.1) is 11.3 Å². The zero-order valence-electron chi connectivity index (χ0n) is 11.6. The van der Waals surface area contributed by atoms with E-state index in [9.17, 15) is 14.9 Å². The molecular weight excluding hydrogens is 360 g/mol. The maximum Gasteiger partial charge on any atom is 0.267 e. The van der Waals surface area contributed by atoms with Gasteiger partial charge in [-0.05, 0) is 30.3 Å². The number of hydrogen-bond acceptors (Lipinski definition) is 4. The van der Waals surface area contributed by atoms with Gasteiger partial charge in [-0.1, -0.05) is 15.9 Å². The van der Waals surface area contributed by atoms with Crippen molar-refractivity contribution in [2.24, 2.45) is 0 Å². The maximum atomic E-state index is 12.4. The van der Waals surface area contributed by atoms with E-state index in [2.05, 4.69) is 31.5 Å². The van der Waals surface area contributed by atoms with Gasteiger partial charge in [0.25, 0.3) is 11.8 Å². The fourth-order valence-electron chi connectivity index (χ4n) is 2.24. The number of fused-ring (bicyclic) bond motifs is 1. The number of nitriles is 1. The molecule has 112 valence electrons. The number of carbonyl (C=O) groups is 2.